The number of benzene rings is 2. The lowest BCUT2D eigenvalue weighted by molar-refractivity contribution is 0.0958. The monoisotopic (exact) mass is 486 g/mol. The molecule has 36 heavy (non-hydrogen) atoms. The van der Waals surface area contributed by atoms with Crippen LogP contribution in [0.3, 0.4) is 0 Å². The van der Waals surface area contributed by atoms with Crippen LogP contribution in [0.4, 0.5) is 25.1 Å². The first-order valence-electron chi connectivity index (χ1n) is 11.2. The minimum absolute atomic E-state index is 0.0297. The molecule has 4 aromatic rings. The fraction of sp³-hybridized carbons (Fsp3) is 0.111. The molecule has 0 saturated carbocycles. The molecule has 3 heterocycles. The van der Waals surface area contributed by atoms with E-state index in [1.54, 1.807) is 55.0 Å². The summed E-state index contributed by atoms with van der Waals surface area (Å²) in [6, 6.07) is 16.3. The summed E-state index contributed by atoms with van der Waals surface area (Å²) in [5.41, 5.74) is 1.70. The Balaban J connectivity index is 1.38. The molecule has 7 nitrogen and oxygen atoms in total. The molecule has 0 saturated heterocycles. The molecule has 2 aromatic carbocycles. The van der Waals surface area contributed by atoms with Gasteiger partial charge in [0, 0.05) is 41.8 Å². The van der Waals surface area contributed by atoms with Gasteiger partial charge in [0.2, 0.25) is 0 Å². The number of Topliss-reactive ketones (excluding diaryl/α,β-unsaturated/α-hetero) is 1. The molecule has 0 fully saturated rings. The van der Waals surface area contributed by atoms with Gasteiger partial charge in [-0.1, -0.05) is 36.4 Å². The molecule has 5 rings (SSSR count). The van der Waals surface area contributed by atoms with E-state index in [4.69, 9.17) is 4.74 Å². The molecule has 1 atom stereocenters. The van der Waals surface area contributed by atoms with E-state index < -0.39 is 35.0 Å². The first-order valence-corrected chi connectivity index (χ1v) is 11.2. The van der Waals surface area contributed by atoms with Crippen molar-refractivity contribution in [1.29, 1.82) is 0 Å². The molecule has 0 aliphatic carbocycles. The van der Waals surface area contributed by atoms with Crippen molar-refractivity contribution in [1.82, 2.24) is 9.97 Å². The molecule has 1 aliphatic rings. The maximum atomic E-state index is 15.3. The van der Waals surface area contributed by atoms with Crippen LogP contribution in [-0.4, -0.2) is 28.4 Å². The van der Waals surface area contributed by atoms with E-state index in [-0.39, 0.29) is 18.8 Å². The maximum Gasteiger partial charge on any atom is 0.412 e. The van der Waals surface area contributed by atoms with Gasteiger partial charge >= 0.3 is 6.09 Å². The maximum absolute atomic E-state index is 15.3. The smallest absolute Gasteiger partial charge is 0.412 e. The Hall–Kier alpha value is -4.66. The topological polar surface area (TPSA) is 93.2 Å². The zero-order chi connectivity index (χ0) is 25.1. The fourth-order valence-electron chi connectivity index (χ4n) is 4.05. The molecule has 0 radical (unpaired) electrons. The van der Waals surface area contributed by atoms with Gasteiger partial charge in [-0.2, -0.15) is 0 Å². The van der Waals surface area contributed by atoms with Crippen molar-refractivity contribution in [3.05, 3.63) is 108 Å². The normalized spacial score (nSPS) is 14.0. The number of carbonyl (C=O) groups excluding carboxylic acids is 2. The molecule has 180 valence electrons. The van der Waals surface area contributed by atoms with Gasteiger partial charge in [-0.15, -0.1) is 0 Å². The molecule has 1 unspecified atom stereocenters. The summed E-state index contributed by atoms with van der Waals surface area (Å²) in [5, 5.41) is 5.27. The number of nitrogens with one attached hydrogen (secondary N) is 2. The number of halogens is 2. The first-order chi connectivity index (χ1) is 17.5. The van der Waals surface area contributed by atoms with E-state index in [2.05, 4.69) is 20.6 Å². The Bertz CT molecular complexity index is 1430. The Morgan fingerprint density at radius 3 is 2.64 bits per heavy atom. The number of nitrogens with zero attached hydrogens (tertiary/aromatic N) is 2. The quantitative estimate of drug-likeness (QED) is 0.347. The van der Waals surface area contributed by atoms with Crippen molar-refractivity contribution < 1.29 is 23.1 Å². The van der Waals surface area contributed by atoms with E-state index in [1.807, 2.05) is 12.1 Å². The Morgan fingerprint density at radius 1 is 1.03 bits per heavy atom. The number of ether oxygens (including phenoxy) is 1. The number of anilines is 2. The van der Waals surface area contributed by atoms with Gasteiger partial charge in [0.15, 0.2) is 11.6 Å². The van der Waals surface area contributed by atoms with E-state index in [0.29, 0.717) is 11.4 Å². The third kappa shape index (κ3) is 4.63. The highest BCUT2D eigenvalue weighted by atomic mass is 19.1. The molecular weight excluding hydrogens is 466 g/mol. The highest BCUT2D eigenvalue weighted by Gasteiger charge is 2.34. The number of ketones is 1. The summed E-state index contributed by atoms with van der Waals surface area (Å²) in [5.74, 6) is -3.34. The van der Waals surface area contributed by atoms with E-state index >= 15 is 4.39 Å². The Labute approximate surface area is 205 Å². The first kappa shape index (κ1) is 23.1. The summed E-state index contributed by atoms with van der Waals surface area (Å²) in [7, 11) is 0. The number of hydrogen-bond donors (Lipinski definition) is 2. The van der Waals surface area contributed by atoms with Crippen LogP contribution in [0.2, 0.25) is 0 Å². The highest BCUT2D eigenvalue weighted by molar-refractivity contribution is 6.04. The van der Waals surface area contributed by atoms with Crippen LogP contribution in [0, 0.1) is 11.6 Å². The minimum atomic E-state index is -1.17. The van der Waals surface area contributed by atoms with E-state index in [9.17, 15) is 14.0 Å². The van der Waals surface area contributed by atoms with Gasteiger partial charge in [0.05, 0.1) is 17.2 Å². The number of pyridine rings is 2. The van der Waals surface area contributed by atoms with Gasteiger partial charge in [0.1, 0.15) is 18.2 Å². The Morgan fingerprint density at radius 2 is 1.86 bits per heavy atom. The van der Waals surface area contributed by atoms with Gasteiger partial charge in [-0.05, 0) is 29.8 Å². The molecule has 2 N–H and O–H groups in total. The predicted octanol–water partition coefficient (Wildman–Crippen LogP) is 5.56. The summed E-state index contributed by atoms with van der Waals surface area (Å²) in [4.78, 5) is 34.0. The lowest BCUT2D eigenvalue weighted by Crippen LogP contribution is -2.20. The highest BCUT2D eigenvalue weighted by Crippen LogP contribution is 2.36. The van der Waals surface area contributed by atoms with Crippen molar-refractivity contribution >= 4 is 23.4 Å². The fourth-order valence-corrected chi connectivity index (χ4v) is 4.05. The second-order valence-corrected chi connectivity index (χ2v) is 8.17. The molecule has 0 spiro atoms. The number of amides is 1. The average molecular weight is 486 g/mol. The molecule has 0 bridgehead atoms. The number of rotatable bonds is 6. The van der Waals surface area contributed by atoms with Crippen molar-refractivity contribution in [2.24, 2.45) is 0 Å². The van der Waals surface area contributed by atoms with Gasteiger partial charge < -0.3 is 10.1 Å². The van der Waals surface area contributed by atoms with Crippen molar-refractivity contribution in [2.45, 2.75) is 12.5 Å². The number of fused-ring (bicyclic) bond motifs is 1. The molecule has 1 aliphatic heterocycles. The van der Waals surface area contributed by atoms with Crippen LogP contribution in [0.5, 0.6) is 0 Å². The van der Waals surface area contributed by atoms with Crippen LogP contribution >= 0.6 is 0 Å². The third-order valence-electron chi connectivity index (χ3n) is 5.86. The predicted molar refractivity (Wildman–Crippen MR) is 130 cm³/mol. The summed E-state index contributed by atoms with van der Waals surface area (Å²) in [6.07, 6.45) is 4.01. The number of hydrogen-bond acceptors (Lipinski definition) is 6. The minimum Gasteiger partial charge on any atom is -0.444 e. The largest absolute Gasteiger partial charge is 0.444 e. The van der Waals surface area contributed by atoms with E-state index in [0.717, 1.165) is 28.8 Å². The summed E-state index contributed by atoms with van der Waals surface area (Å²) < 4.78 is 35.1. The average Bonchev–Trinajstić information content (AvgIpc) is 3.34. The van der Waals surface area contributed by atoms with Crippen LogP contribution in [0.15, 0.2) is 79.3 Å². The third-order valence-corrected chi connectivity index (χ3v) is 5.86. The van der Waals surface area contributed by atoms with Gasteiger partial charge in [-0.3, -0.25) is 15.1 Å². The lowest BCUT2D eigenvalue weighted by Gasteiger charge is -2.14. The summed E-state index contributed by atoms with van der Waals surface area (Å²) >= 11 is 0. The Kier molecular flexibility index (Phi) is 6.36. The van der Waals surface area contributed by atoms with Crippen LogP contribution in [0.25, 0.3) is 11.1 Å². The second kappa shape index (κ2) is 9.91. The van der Waals surface area contributed by atoms with Crippen LogP contribution in [0.1, 0.15) is 27.4 Å². The van der Waals surface area contributed by atoms with Crippen molar-refractivity contribution in [3.8, 4) is 11.1 Å². The van der Waals surface area contributed by atoms with Gasteiger partial charge in [0.25, 0.3) is 0 Å². The molecule has 9 heteroatoms. The molecule has 1 amide bonds. The second-order valence-electron chi connectivity index (χ2n) is 8.17. The molecular formula is C27H20F2N4O3. The van der Waals surface area contributed by atoms with Crippen LogP contribution in [-0.2, 0) is 11.3 Å². The standard InChI is InChI=1S/C27H20F2N4O3/c28-21-8-9-22(33-27(35)36-15-16-5-2-1-3-6-16)24(29)23(21)25(34)20-14-32-26-19(20)11-18(13-31-26)17-7-4-10-30-12-17/h1-13,20H,14-15H2,(H,31,32)(H,33,35). The molecule has 2 aromatic heterocycles. The van der Waals surface area contributed by atoms with E-state index in [1.165, 1.54) is 0 Å². The summed E-state index contributed by atoms with van der Waals surface area (Å²) in [6.45, 7) is 0.103. The number of carbonyl (C=O) groups is 2. The zero-order valence-corrected chi connectivity index (χ0v) is 18.9. The SMILES string of the molecule is O=C(Nc1ccc(F)c(C(=O)C2CNc3ncc(-c4cccnc4)cc32)c1F)OCc1ccccc1. The van der Waals surface area contributed by atoms with Crippen LogP contribution < -0.4 is 10.6 Å². The van der Waals surface area contributed by atoms with Crippen molar-refractivity contribution in [2.75, 3.05) is 17.2 Å². The van der Waals surface area contributed by atoms with Crippen molar-refractivity contribution in [3.63, 3.8) is 0 Å². The lowest BCUT2D eigenvalue weighted by atomic mass is 9.91. The number of aromatic nitrogens is 2. The van der Waals surface area contributed by atoms with Gasteiger partial charge in [-0.25, -0.2) is 18.6 Å². The zero-order valence-electron chi connectivity index (χ0n) is 18.9.